The SMILES string of the molecule is CCOC(=O)c1ncn2c1CSc1ncccc1-2. The van der Waals surface area contributed by atoms with Crippen LogP contribution in [0.3, 0.4) is 0 Å². The van der Waals surface area contributed by atoms with Gasteiger partial charge in [0.2, 0.25) is 0 Å². The lowest BCUT2D eigenvalue weighted by Crippen LogP contribution is -2.12. The molecule has 0 N–H and O–H groups in total. The van der Waals surface area contributed by atoms with Gasteiger partial charge in [0.05, 0.1) is 18.0 Å². The fourth-order valence-corrected chi connectivity index (χ4v) is 2.90. The lowest BCUT2D eigenvalue weighted by atomic mass is 10.3. The van der Waals surface area contributed by atoms with Gasteiger partial charge in [-0.15, -0.1) is 0 Å². The Morgan fingerprint density at radius 1 is 1.56 bits per heavy atom. The van der Waals surface area contributed by atoms with E-state index in [0.717, 1.165) is 16.4 Å². The topological polar surface area (TPSA) is 57.0 Å². The van der Waals surface area contributed by atoms with Gasteiger partial charge in [0.25, 0.3) is 0 Å². The van der Waals surface area contributed by atoms with Crippen LogP contribution in [0.15, 0.2) is 29.7 Å². The van der Waals surface area contributed by atoms with Crippen molar-refractivity contribution in [1.82, 2.24) is 14.5 Å². The number of hydrogen-bond acceptors (Lipinski definition) is 5. The zero-order chi connectivity index (χ0) is 12.5. The molecule has 0 bridgehead atoms. The molecule has 0 saturated heterocycles. The van der Waals surface area contributed by atoms with Crippen LogP contribution in [0.2, 0.25) is 0 Å². The molecule has 0 aromatic carbocycles. The largest absolute Gasteiger partial charge is 0.461 e. The molecule has 6 heteroatoms. The number of imidazole rings is 1. The van der Waals surface area contributed by atoms with Crippen molar-refractivity contribution in [2.75, 3.05) is 6.61 Å². The predicted octanol–water partition coefficient (Wildman–Crippen LogP) is 2.05. The van der Waals surface area contributed by atoms with Crippen LogP contribution in [-0.2, 0) is 10.5 Å². The highest BCUT2D eigenvalue weighted by Gasteiger charge is 2.24. The van der Waals surface area contributed by atoms with Crippen LogP contribution in [0, 0.1) is 0 Å². The van der Waals surface area contributed by atoms with Crippen LogP contribution in [-0.4, -0.2) is 27.1 Å². The van der Waals surface area contributed by atoms with Crippen molar-refractivity contribution in [2.45, 2.75) is 17.7 Å². The summed E-state index contributed by atoms with van der Waals surface area (Å²) in [6.45, 7) is 2.14. The Morgan fingerprint density at radius 2 is 2.44 bits per heavy atom. The molecule has 0 saturated carbocycles. The van der Waals surface area contributed by atoms with E-state index in [-0.39, 0.29) is 5.97 Å². The van der Waals surface area contributed by atoms with E-state index < -0.39 is 0 Å². The van der Waals surface area contributed by atoms with Gasteiger partial charge in [-0.2, -0.15) is 0 Å². The Labute approximate surface area is 108 Å². The molecule has 0 atom stereocenters. The van der Waals surface area contributed by atoms with Crippen LogP contribution in [0.4, 0.5) is 0 Å². The smallest absolute Gasteiger partial charge is 0.358 e. The van der Waals surface area contributed by atoms with Gasteiger partial charge in [-0.05, 0) is 19.1 Å². The molecule has 1 aliphatic rings. The summed E-state index contributed by atoms with van der Waals surface area (Å²) in [5, 5.41) is 0.956. The minimum Gasteiger partial charge on any atom is -0.461 e. The molecular formula is C12H11N3O2S. The van der Waals surface area contributed by atoms with Crippen molar-refractivity contribution in [3.05, 3.63) is 36.0 Å². The third-order valence-electron chi connectivity index (χ3n) is 2.69. The Bertz CT molecular complexity index is 609. The first kappa shape index (κ1) is 11.3. The summed E-state index contributed by atoms with van der Waals surface area (Å²) in [5.74, 6) is 0.317. The number of aromatic nitrogens is 3. The molecule has 0 fully saturated rings. The van der Waals surface area contributed by atoms with Gasteiger partial charge in [0, 0.05) is 11.9 Å². The van der Waals surface area contributed by atoms with E-state index in [4.69, 9.17) is 4.74 Å². The fourth-order valence-electron chi connectivity index (χ4n) is 1.90. The van der Waals surface area contributed by atoms with E-state index in [1.54, 1.807) is 31.2 Å². The summed E-state index contributed by atoms with van der Waals surface area (Å²) in [6, 6.07) is 3.84. The quantitative estimate of drug-likeness (QED) is 0.774. The van der Waals surface area contributed by atoms with E-state index in [1.807, 2.05) is 16.7 Å². The number of rotatable bonds is 2. The van der Waals surface area contributed by atoms with E-state index >= 15 is 0 Å². The molecule has 3 heterocycles. The second kappa shape index (κ2) is 4.45. The maximum Gasteiger partial charge on any atom is 0.358 e. The number of nitrogens with zero attached hydrogens (tertiary/aromatic N) is 3. The first-order valence-corrected chi connectivity index (χ1v) is 6.61. The molecule has 2 aromatic rings. The molecular weight excluding hydrogens is 250 g/mol. The minimum atomic E-state index is -0.362. The zero-order valence-electron chi connectivity index (χ0n) is 9.79. The van der Waals surface area contributed by atoms with Gasteiger partial charge in [-0.25, -0.2) is 14.8 Å². The van der Waals surface area contributed by atoms with Crippen LogP contribution in [0.5, 0.6) is 0 Å². The number of thioether (sulfide) groups is 1. The highest BCUT2D eigenvalue weighted by atomic mass is 32.2. The second-order valence-electron chi connectivity index (χ2n) is 3.75. The summed E-state index contributed by atoms with van der Waals surface area (Å²) in [5.41, 5.74) is 2.24. The van der Waals surface area contributed by atoms with Crippen molar-refractivity contribution >= 4 is 17.7 Å². The lowest BCUT2D eigenvalue weighted by molar-refractivity contribution is 0.0519. The standard InChI is InChI=1S/C12H11N3O2S/c1-2-17-12(16)10-9-6-18-11-8(4-3-5-13-11)15(9)7-14-10/h3-5,7H,2,6H2,1H3. The first-order chi connectivity index (χ1) is 8.81. The normalized spacial score (nSPS) is 12.7. The van der Waals surface area contributed by atoms with Gasteiger partial charge in [-0.3, -0.25) is 4.57 Å². The summed E-state index contributed by atoms with van der Waals surface area (Å²) in [6.07, 6.45) is 3.42. The molecule has 1 aliphatic heterocycles. The van der Waals surface area contributed by atoms with E-state index in [9.17, 15) is 4.79 Å². The molecule has 0 amide bonds. The Kier molecular flexibility index (Phi) is 2.79. The molecule has 3 rings (SSSR count). The molecule has 0 unspecified atom stereocenters. The number of hydrogen-bond donors (Lipinski definition) is 0. The Morgan fingerprint density at radius 3 is 3.28 bits per heavy atom. The third-order valence-corrected chi connectivity index (χ3v) is 3.70. The second-order valence-corrected chi connectivity index (χ2v) is 4.71. The highest BCUT2D eigenvalue weighted by Crippen LogP contribution is 2.34. The van der Waals surface area contributed by atoms with Crippen molar-refractivity contribution in [3.63, 3.8) is 0 Å². The summed E-state index contributed by atoms with van der Waals surface area (Å²) in [7, 11) is 0. The summed E-state index contributed by atoms with van der Waals surface area (Å²) >= 11 is 1.61. The van der Waals surface area contributed by atoms with Gasteiger partial charge >= 0.3 is 5.97 Å². The molecule has 0 radical (unpaired) electrons. The summed E-state index contributed by atoms with van der Waals surface area (Å²) in [4.78, 5) is 20.2. The van der Waals surface area contributed by atoms with Crippen LogP contribution >= 0.6 is 11.8 Å². The zero-order valence-corrected chi connectivity index (χ0v) is 10.6. The van der Waals surface area contributed by atoms with Gasteiger partial charge in [0.1, 0.15) is 11.4 Å². The molecule has 0 aliphatic carbocycles. The molecule has 18 heavy (non-hydrogen) atoms. The number of esters is 1. The third kappa shape index (κ3) is 1.69. The van der Waals surface area contributed by atoms with Crippen molar-refractivity contribution in [1.29, 1.82) is 0 Å². The molecule has 5 nitrogen and oxygen atoms in total. The van der Waals surface area contributed by atoms with Crippen molar-refractivity contribution in [3.8, 4) is 5.69 Å². The van der Waals surface area contributed by atoms with Gasteiger partial charge in [-0.1, -0.05) is 11.8 Å². The number of pyridine rings is 1. The minimum absolute atomic E-state index is 0.358. The molecule has 92 valence electrons. The van der Waals surface area contributed by atoms with E-state index in [2.05, 4.69) is 9.97 Å². The highest BCUT2D eigenvalue weighted by molar-refractivity contribution is 7.98. The van der Waals surface area contributed by atoms with E-state index in [0.29, 0.717) is 18.1 Å². The van der Waals surface area contributed by atoms with Gasteiger partial charge in [0.15, 0.2) is 5.69 Å². The number of carbonyl (C=O) groups is 1. The van der Waals surface area contributed by atoms with Crippen LogP contribution < -0.4 is 0 Å². The predicted molar refractivity (Wildman–Crippen MR) is 66.9 cm³/mol. The summed E-state index contributed by atoms with van der Waals surface area (Å²) < 4.78 is 6.91. The Balaban J connectivity index is 2.07. The molecule has 0 spiro atoms. The number of ether oxygens (including phenoxy) is 1. The average Bonchev–Trinajstić information content (AvgIpc) is 2.83. The van der Waals surface area contributed by atoms with Crippen molar-refractivity contribution < 1.29 is 9.53 Å². The first-order valence-electron chi connectivity index (χ1n) is 5.62. The number of carbonyl (C=O) groups excluding carboxylic acids is 1. The fraction of sp³-hybridized carbons (Fsp3) is 0.250. The maximum atomic E-state index is 11.8. The monoisotopic (exact) mass is 261 g/mol. The Hall–Kier alpha value is -1.82. The average molecular weight is 261 g/mol. The van der Waals surface area contributed by atoms with Gasteiger partial charge < -0.3 is 4.74 Å². The van der Waals surface area contributed by atoms with E-state index in [1.165, 1.54) is 0 Å². The molecule has 2 aromatic heterocycles. The lowest BCUT2D eigenvalue weighted by Gasteiger charge is -2.17. The maximum absolute atomic E-state index is 11.8. The number of fused-ring (bicyclic) bond motifs is 3. The van der Waals surface area contributed by atoms with Crippen LogP contribution in [0.1, 0.15) is 23.1 Å². The van der Waals surface area contributed by atoms with Crippen LogP contribution in [0.25, 0.3) is 5.69 Å². The van der Waals surface area contributed by atoms with Crippen molar-refractivity contribution in [2.24, 2.45) is 0 Å².